The number of rotatable bonds is 10. The molecule has 0 unspecified atom stereocenters. The predicted octanol–water partition coefficient (Wildman–Crippen LogP) is 3.19. The van der Waals surface area contributed by atoms with E-state index < -0.39 is 0 Å². The van der Waals surface area contributed by atoms with Crippen molar-refractivity contribution in [2.24, 2.45) is 0 Å². The summed E-state index contributed by atoms with van der Waals surface area (Å²) in [7, 11) is 1.76. The van der Waals surface area contributed by atoms with Crippen molar-refractivity contribution in [1.82, 2.24) is 5.32 Å². The average molecular weight is 253 g/mol. The van der Waals surface area contributed by atoms with Gasteiger partial charge in [0.1, 0.15) is 0 Å². The first-order valence-electron chi connectivity index (χ1n) is 6.31. The van der Waals surface area contributed by atoms with Crippen LogP contribution in [0.1, 0.15) is 19.3 Å². The van der Waals surface area contributed by atoms with E-state index in [0.717, 1.165) is 25.4 Å². The van der Waals surface area contributed by atoms with Gasteiger partial charge in [-0.2, -0.15) is 0 Å². The van der Waals surface area contributed by atoms with Crippen LogP contribution >= 0.6 is 11.8 Å². The van der Waals surface area contributed by atoms with E-state index in [1.165, 1.54) is 24.2 Å². The van der Waals surface area contributed by atoms with Gasteiger partial charge in [0.25, 0.3) is 0 Å². The highest BCUT2D eigenvalue weighted by Crippen LogP contribution is 2.15. The van der Waals surface area contributed by atoms with Crippen molar-refractivity contribution in [3.8, 4) is 0 Å². The largest absolute Gasteiger partial charge is 0.385 e. The molecule has 3 heteroatoms. The number of hydrogen-bond donors (Lipinski definition) is 1. The van der Waals surface area contributed by atoms with Gasteiger partial charge in [-0.15, -0.1) is 11.8 Å². The summed E-state index contributed by atoms with van der Waals surface area (Å²) >= 11 is 1.91. The molecule has 0 heterocycles. The van der Waals surface area contributed by atoms with E-state index in [-0.39, 0.29) is 0 Å². The molecule has 0 aromatic heterocycles. The molecule has 17 heavy (non-hydrogen) atoms. The number of methoxy groups -OCH3 is 1. The normalized spacial score (nSPS) is 10.6. The molecule has 96 valence electrons. The summed E-state index contributed by atoms with van der Waals surface area (Å²) in [5.74, 6) is 1.14. The lowest BCUT2D eigenvalue weighted by Gasteiger charge is -2.04. The van der Waals surface area contributed by atoms with Gasteiger partial charge in [0.05, 0.1) is 0 Å². The lowest BCUT2D eigenvalue weighted by molar-refractivity contribution is 0.192. The maximum Gasteiger partial charge on any atom is 0.0462 e. The maximum absolute atomic E-state index is 5.01. The third-order valence-electron chi connectivity index (χ3n) is 2.49. The molecule has 2 nitrogen and oxygen atoms in total. The van der Waals surface area contributed by atoms with E-state index in [1.54, 1.807) is 7.11 Å². The van der Waals surface area contributed by atoms with Crippen molar-refractivity contribution in [2.45, 2.75) is 24.2 Å². The van der Waals surface area contributed by atoms with Gasteiger partial charge in [0, 0.05) is 30.9 Å². The summed E-state index contributed by atoms with van der Waals surface area (Å²) in [6, 6.07) is 10.6. The predicted molar refractivity (Wildman–Crippen MR) is 75.8 cm³/mol. The van der Waals surface area contributed by atoms with Crippen LogP contribution in [0, 0.1) is 0 Å². The van der Waals surface area contributed by atoms with Gasteiger partial charge in [0.2, 0.25) is 0 Å². The highest BCUT2D eigenvalue weighted by atomic mass is 32.2. The number of ether oxygens (including phenoxy) is 1. The van der Waals surface area contributed by atoms with E-state index in [2.05, 4.69) is 35.6 Å². The quantitative estimate of drug-likeness (QED) is 0.511. The monoisotopic (exact) mass is 253 g/mol. The molecule has 0 bridgehead atoms. The van der Waals surface area contributed by atoms with Gasteiger partial charge in [-0.25, -0.2) is 0 Å². The fourth-order valence-electron chi connectivity index (χ4n) is 1.56. The summed E-state index contributed by atoms with van der Waals surface area (Å²) in [5.41, 5.74) is 0. The lowest BCUT2D eigenvalue weighted by atomic mass is 10.2. The van der Waals surface area contributed by atoms with E-state index >= 15 is 0 Å². The Kier molecular flexibility index (Phi) is 9.10. The fourth-order valence-corrected chi connectivity index (χ4v) is 2.39. The Morgan fingerprint density at radius 1 is 1.06 bits per heavy atom. The zero-order chi connectivity index (χ0) is 12.2. The van der Waals surface area contributed by atoms with Crippen LogP contribution in [0.4, 0.5) is 0 Å². The Morgan fingerprint density at radius 2 is 1.88 bits per heavy atom. The number of unbranched alkanes of at least 4 members (excludes halogenated alkanes) is 2. The Hall–Kier alpha value is -0.510. The summed E-state index contributed by atoms with van der Waals surface area (Å²) in [6.07, 6.45) is 3.68. The minimum atomic E-state index is 0.893. The molecule has 0 spiro atoms. The molecule has 1 aromatic rings. The van der Waals surface area contributed by atoms with Gasteiger partial charge in [-0.3, -0.25) is 0 Å². The molecule has 0 fully saturated rings. The van der Waals surface area contributed by atoms with Crippen molar-refractivity contribution < 1.29 is 4.74 Å². The number of nitrogens with one attached hydrogen (secondary N) is 1. The molecule has 1 N–H and O–H groups in total. The molecule has 0 aliphatic heterocycles. The molecule has 0 saturated carbocycles. The average Bonchev–Trinajstić information content (AvgIpc) is 2.38. The Balaban J connectivity index is 1.85. The second-order valence-corrected chi connectivity index (χ2v) is 5.13. The highest BCUT2D eigenvalue weighted by Gasteiger charge is 1.93. The van der Waals surface area contributed by atoms with Crippen molar-refractivity contribution in [2.75, 3.05) is 32.6 Å². The zero-order valence-electron chi connectivity index (χ0n) is 10.7. The van der Waals surface area contributed by atoms with Crippen molar-refractivity contribution in [1.29, 1.82) is 0 Å². The van der Waals surface area contributed by atoms with Crippen molar-refractivity contribution >= 4 is 11.8 Å². The van der Waals surface area contributed by atoms with Gasteiger partial charge in [-0.05, 0) is 37.9 Å². The van der Waals surface area contributed by atoms with Gasteiger partial charge in [-0.1, -0.05) is 18.2 Å². The smallest absolute Gasteiger partial charge is 0.0462 e. The minimum absolute atomic E-state index is 0.893. The first kappa shape index (κ1) is 14.6. The first-order valence-corrected chi connectivity index (χ1v) is 7.29. The Bertz CT molecular complexity index is 266. The Labute approximate surface area is 109 Å². The molecule has 0 aliphatic carbocycles. The molecule has 0 radical (unpaired) electrons. The fraction of sp³-hybridized carbons (Fsp3) is 0.571. The molecular formula is C14H23NOS. The van der Waals surface area contributed by atoms with E-state index in [1.807, 2.05) is 11.8 Å². The van der Waals surface area contributed by atoms with Gasteiger partial charge < -0.3 is 10.1 Å². The number of thioether (sulfide) groups is 1. The first-order chi connectivity index (χ1) is 8.43. The third-order valence-corrected chi connectivity index (χ3v) is 3.51. The molecule has 0 amide bonds. The van der Waals surface area contributed by atoms with Crippen LogP contribution in [-0.2, 0) is 4.74 Å². The topological polar surface area (TPSA) is 21.3 Å². The lowest BCUT2D eigenvalue weighted by Crippen LogP contribution is -2.18. The summed E-state index contributed by atoms with van der Waals surface area (Å²) in [4.78, 5) is 1.36. The van der Waals surface area contributed by atoms with Crippen LogP contribution in [0.25, 0.3) is 0 Å². The molecule has 1 rings (SSSR count). The highest BCUT2D eigenvalue weighted by molar-refractivity contribution is 7.99. The second kappa shape index (κ2) is 10.6. The third kappa shape index (κ3) is 8.25. The SMILES string of the molecule is COCCCCCNCCSc1ccccc1. The summed E-state index contributed by atoms with van der Waals surface area (Å²) in [5, 5.41) is 3.47. The minimum Gasteiger partial charge on any atom is -0.385 e. The van der Waals surface area contributed by atoms with E-state index in [4.69, 9.17) is 4.74 Å². The second-order valence-electron chi connectivity index (χ2n) is 3.96. The Morgan fingerprint density at radius 3 is 2.65 bits per heavy atom. The van der Waals surface area contributed by atoms with Crippen molar-refractivity contribution in [3.05, 3.63) is 30.3 Å². The van der Waals surface area contributed by atoms with Crippen LogP contribution in [-0.4, -0.2) is 32.6 Å². The molecule has 0 aliphatic rings. The van der Waals surface area contributed by atoms with Crippen molar-refractivity contribution in [3.63, 3.8) is 0 Å². The summed E-state index contributed by atoms with van der Waals surface area (Å²) in [6.45, 7) is 3.10. The molecular weight excluding hydrogens is 230 g/mol. The van der Waals surface area contributed by atoms with E-state index in [9.17, 15) is 0 Å². The number of hydrogen-bond acceptors (Lipinski definition) is 3. The molecule has 0 saturated heterocycles. The number of benzene rings is 1. The molecule has 0 atom stereocenters. The maximum atomic E-state index is 5.01. The van der Waals surface area contributed by atoms with Crippen LogP contribution in [0.5, 0.6) is 0 Å². The van der Waals surface area contributed by atoms with E-state index in [0.29, 0.717) is 0 Å². The standard InChI is InChI=1S/C14H23NOS/c1-16-12-7-3-6-10-15-11-13-17-14-8-4-2-5-9-14/h2,4-5,8-9,15H,3,6-7,10-13H2,1H3. The summed E-state index contributed by atoms with van der Waals surface area (Å²) < 4.78 is 5.01. The molecule has 1 aromatic carbocycles. The zero-order valence-corrected chi connectivity index (χ0v) is 11.5. The van der Waals surface area contributed by atoms with Gasteiger partial charge >= 0.3 is 0 Å². The van der Waals surface area contributed by atoms with Gasteiger partial charge in [0.15, 0.2) is 0 Å². The van der Waals surface area contributed by atoms with Crippen LogP contribution in [0.3, 0.4) is 0 Å². The van der Waals surface area contributed by atoms with Crippen LogP contribution in [0.2, 0.25) is 0 Å². The van der Waals surface area contributed by atoms with Crippen LogP contribution < -0.4 is 5.32 Å². The van der Waals surface area contributed by atoms with Crippen LogP contribution in [0.15, 0.2) is 35.2 Å².